The summed E-state index contributed by atoms with van der Waals surface area (Å²) in [7, 11) is 0. The van der Waals surface area contributed by atoms with E-state index < -0.39 is 11.9 Å². The maximum Gasteiger partial charge on any atom is 0.318 e. The topological polar surface area (TPSA) is 43.4 Å². The normalized spacial score (nSPS) is 10.7. The van der Waals surface area contributed by atoms with Crippen molar-refractivity contribution in [3.63, 3.8) is 0 Å². The van der Waals surface area contributed by atoms with Gasteiger partial charge in [-0.1, -0.05) is 86.6 Å². The first kappa shape index (κ1) is 20.5. The van der Waals surface area contributed by atoms with Gasteiger partial charge >= 0.3 is 5.97 Å². The first-order valence-electron chi connectivity index (χ1n) is 10.1. The zero-order chi connectivity index (χ0) is 20.6. The Labute approximate surface area is 172 Å². The van der Waals surface area contributed by atoms with Gasteiger partial charge in [-0.25, -0.2) is 0 Å². The lowest BCUT2D eigenvalue weighted by molar-refractivity contribution is -0.143. The van der Waals surface area contributed by atoms with E-state index in [1.165, 1.54) is 0 Å². The van der Waals surface area contributed by atoms with E-state index in [-0.39, 0.29) is 12.4 Å². The lowest BCUT2D eigenvalue weighted by Gasteiger charge is -2.17. The third-order valence-corrected chi connectivity index (χ3v) is 5.11. The van der Waals surface area contributed by atoms with Crippen LogP contribution in [-0.2, 0) is 22.4 Å². The molecule has 0 aliphatic heterocycles. The van der Waals surface area contributed by atoms with E-state index in [2.05, 4.69) is 6.92 Å². The van der Waals surface area contributed by atoms with Crippen LogP contribution in [0, 0.1) is 0 Å². The average Bonchev–Trinajstić information content (AvgIpc) is 2.78. The van der Waals surface area contributed by atoms with Crippen molar-refractivity contribution >= 4 is 11.8 Å². The third-order valence-electron chi connectivity index (χ3n) is 5.11. The summed E-state index contributed by atoms with van der Waals surface area (Å²) in [6.07, 6.45) is 1.61. The number of ether oxygens (including phenoxy) is 1. The van der Waals surface area contributed by atoms with Crippen LogP contribution in [-0.4, -0.2) is 18.4 Å². The van der Waals surface area contributed by atoms with E-state index in [9.17, 15) is 9.59 Å². The van der Waals surface area contributed by atoms with Gasteiger partial charge in [-0.05, 0) is 41.2 Å². The Kier molecular flexibility index (Phi) is 6.96. The molecule has 3 heteroatoms. The molecular weight excluding hydrogens is 360 g/mol. The minimum absolute atomic E-state index is 0.162. The molecule has 3 nitrogen and oxygen atoms in total. The molecule has 0 aromatic heterocycles. The Morgan fingerprint density at radius 3 is 1.90 bits per heavy atom. The Morgan fingerprint density at radius 2 is 1.38 bits per heavy atom. The summed E-state index contributed by atoms with van der Waals surface area (Å²) in [6, 6.07) is 25.0. The molecule has 0 saturated heterocycles. The molecule has 0 fully saturated rings. The highest BCUT2D eigenvalue weighted by Gasteiger charge is 2.25. The highest BCUT2D eigenvalue weighted by molar-refractivity contribution is 5.99. The molecule has 0 aliphatic rings. The predicted molar refractivity (Wildman–Crippen MR) is 115 cm³/mol. The summed E-state index contributed by atoms with van der Waals surface area (Å²) in [6.45, 7) is 3.82. The molecule has 3 aromatic carbocycles. The molecule has 0 saturated carbocycles. The fraction of sp³-hybridized carbons (Fsp3) is 0.231. The summed E-state index contributed by atoms with van der Waals surface area (Å²) >= 11 is 0. The van der Waals surface area contributed by atoms with Gasteiger partial charge < -0.3 is 4.74 Å². The smallest absolute Gasteiger partial charge is 0.318 e. The van der Waals surface area contributed by atoms with Crippen LogP contribution in [0.2, 0.25) is 0 Å². The molecule has 0 bridgehead atoms. The number of esters is 1. The summed E-state index contributed by atoms with van der Waals surface area (Å²) in [5.74, 6) is -1.14. The molecule has 0 unspecified atom stereocenters. The van der Waals surface area contributed by atoms with Crippen LogP contribution in [0.25, 0.3) is 0 Å². The first-order valence-corrected chi connectivity index (χ1v) is 10.1. The van der Waals surface area contributed by atoms with E-state index in [4.69, 9.17) is 4.74 Å². The van der Waals surface area contributed by atoms with E-state index in [0.29, 0.717) is 5.56 Å². The third kappa shape index (κ3) is 5.00. The molecule has 0 N–H and O–H groups in total. The highest BCUT2D eigenvalue weighted by Crippen LogP contribution is 2.26. The molecular formula is C26H26O3. The Bertz CT molecular complexity index is 922. The fourth-order valence-corrected chi connectivity index (χ4v) is 3.46. The van der Waals surface area contributed by atoms with Crippen molar-refractivity contribution in [2.24, 2.45) is 0 Å². The number of rotatable bonds is 8. The van der Waals surface area contributed by atoms with E-state index >= 15 is 0 Å². The van der Waals surface area contributed by atoms with Gasteiger partial charge in [0, 0.05) is 5.56 Å². The van der Waals surface area contributed by atoms with Crippen molar-refractivity contribution in [2.75, 3.05) is 6.61 Å². The second-order valence-corrected chi connectivity index (χ2v) is 6.98. The van der Waals surface area contributed by atoms with Gasteiger partial charge in [-0.15, -0.1) is 0 Å². The number of hydrogen-bond acceptors (Lipinski definition) is 3. The zero-order valence-electron chi connectivity index (χ0n) is 16.9. The predicted octanol–water partition coefficient (Wildman–Crippen LogP) is 5.37. The second kappa shape index (κ2) is 9.83. The Balaban J connectivity index is 1.80. The monoisotopic (exact) mass is 386 g/mol. The van der Waals surface area contributed by atoms with Crippen LogP contribution in [0.15, 0.2) is 78.9 Å². The average molecular weight is 386 g/mol. The van der Waals surface area contributed by atoms with Crippen molar-refractivity contribution in [3.8, 4) is 0 Å². The van der Waals surface area contributed by atoms with Crippen LogP contribution in [0.1, 0.15) is 52.4 Å². The van der Waals surface area contributed by atoms with Gasteiger partial charge in [-0.2, -0.15) is 0 Å². The standard InChI is InChI=1S/C26H26O3/c1-3-19-15-16-20(4-2)23(17-19)24(27)18-29-26(28)25(21-11-7-5-8-12-21)22-13-9-6-10-14-22/h5-17,25H,3-4,18H2,1-2H3. The Hall–Kier alpha value is -3.20. The van der Waals surface area contributed by atoms with Crippen LogP contribution in [0.3, 0.4) is 0 Å². The largest absolute Gasteiger partial charge is 0.457 e. The van der Waals surface area contributed by atoms with Crippen molar-refractivity contribution in [2.45, 2.75) is 32.6 Å². The summed E-state index contributed by atoms with van der Waals surface area (Å²) < 4.78 is 5.51. The number of Topliss-reactive ketones (excluding diaryl/α,β-unsaturated/α-hetero) is 1. The summed E-state index contributed by atoms with van der Waals surface area (Å²) in [4.78, 5) is 25.8. The maximum atomic E-state index is 13.0. The van der Waals surface area contributed by atoms with Gasteiger partial charge in [0.25, 0.3) is 0 Å². The van der Waals surface area contributed by atoms with Gasteiger partial charge in [-0.3, -0.25) is 9.59 Å². The SMILES string of the molecule is CCc1ccc(CC)c(C(=O)COC(=O)C(c2ccccc2)c2ccccc2)c1. The van der Waals surface area contributed by atoms with Crippen molar-refractivity contribution in [1.82, 2.24) is 0 Å². The summed E-state index contributed by atoms with van der Waals surface area (Å²) in [5, 5.41) is 0. The molecule has 0 radical (unpaired) electrons. The second-order valence-electron chi connectivity index (χ2n) is 6.98. The van der Waals surface area contributed by atoms with Crippen molar-refractivity contribution < 1.29 is 14.3 Å². The summed E-state index contributed by atoms with van der Waals surface area (Å²) in [5.41, 5.74) is 4.42. The molecule has 3 aromatic rings. The minimum atomic E-state index is -0.558. The number of benzene rings is 3. The zero-order valence-corrected chi connectivity index (χ0v) is 16.9. The molecule has 0 heterocycles. The molecule has 3 rings (SSSR count). The van der Waals surface area contributed by atoms with Crippen LogP contribution in [0.5, 0.6) is 0 Å². The number of aryl methyl sites for hydroxylation is 2. The quantitative estimate of drug-likeness (QED) is 0.386. The van der Waals surface area contributed by atoms with Crippen molar-refractivity contribution in [3.05, 3.63) is 107 Å². The van der Waals surface area contributed by atoms with Crippen LogP contribution in [0.4, 0.5) is 0 Å². The van der Waals surface area contributed by atoms with Crippen molar-refractivity contribution in [1.29, 1.82) is 0 Å². The Morgan fingerprint density at radius 1 is 0.793 bits per heavy atom. The van der Waals surface area contributed by atoms with E-state index in [1.807, 2.05) is 85.8 Å². The van der Waals surface area contributed by atoms with Gasteiger partial charge in [0.2, 0.25) is 5.78 Å². The number of hydrogen-bond donors (Lipinski definition) is 0. The number of ketones is 1. The van der Waals surface area contributed by atoms with Gasteiger partial charge in [0.15, 0.2) is 6.61 Å². The molecule has 0 aliphatic carbocycles. The van der Waals surface area contributed by atoms with Gasteiger partial charge in [0.05, 0.1) is 0 Å². The molecule has 0 atom stereocenters. The molecule has 0 spiro atoms. The lowest BCUT2D eigenvalue weighted by Crippen LogP contribution is -2.21. The lowest BCUT2D eigenvalue weighted by atomic mass is 9.91. The van der Waals surface area contributed by atoms with Crippen LogP contribution >= 0.6 is 0 Å². The molecule has 148 valence electrons. The van der Waals surface area contributed by atoms with E-state index in [1.54, 1.807) is 0 Å². The van der Waals surface area contributed by atoms with E-state index in [0.717, 1.165) is 35.1 Å². The molecule has 0 amide bonds. The maximum absolute atomic E-state index is 13.0. The number of carbonyl (C=O) groups is 2. The molecule has 29 heavy (non-hydrogen) atoms. The highest BCUT2D eigenvalue weighted by atomic mass is 16.5. The number of carbonyl (C=O) groups excluding carboxylic acids is 2. The fourth-order valence-electron chi connectivity index (χ4n) is 3.46. The van der Waals surface area contributed by atoms with Gasteiger partial charge in [0.1, 0.15) is 5.92 Å². The first-order chi connectivity index (χ1) is 14.1. The minimum Gasteiger partial charge on any atom is -0.457 e. The van der Waals surface area contributed by atoms with Crippen LogP contribution < -0.4 is 0 Å².